The van der Waals surface area contributed by atoms with Gasteiger partial charge >= 0.3 is 0 Å². The zero-order valence-electron chi connectivity index (χ0n) is 10.8. The maximum atomic E-state index is 5.60. The molecule has 0 aliphatic rings. The predicted octanol–water partition coefficient (Wildman–Crippen LogP) is 3.22. The highest BCUT2D eigenvalue weighted by Gasteiger charge is 2.06. The molecule has 0 aliphatic carbocycles. The Balaban J connectivity index is 3.38. The second kappa shape index (κ2) is 12.0. The molecule has 0 bridgehead atoms. The van der Waals surface area contributed by atoms with Gasteiger partial charge in [0.05, 0.1) is 0 Å². The molecule has 0 aromatic carbocycles. The van der Waals surface area contributed by atoms with Crippen molar-refractivity contribution in [1.29, 1.82) is 0 Å². The van der Waals surface area contributed by atoms with Crippen LogP contribution in [0, 0.1) is 5.92 Å². The van der Waals surface area contributed by atoms with Gasteiger partial charge in [0.2, 0.25) is 0 Å². The minimum atomic E-state index is 0.802. The van der Waals surface area contributed by atoms with Crippen LogP contribution >= 0.6 is 0 Å². The Morgan fingerprint density at radius 3 is 2.40 bits per heavy atom. The van der Waals surface area contributed by atoms with Gasteiger partial charge in [-0.2, -0.15) is 0 Å². The van der Waals surface area contributed by atoms with Gasteiger partial charge in [-0.15, -0.1) is 0 Å². The van der Waals surface area contributed by atoms with Crippen molar-refractivity contribution in [1.82, 2.24) is 5.32 Å². The van der Waals surface area contributed by atoms with Crippen LogP contribution in [-0.4, -0.2) is 26.3 Å². The van der Waals surface area contributed by atoms with Crippen LogP contribution in [0.3, 0.4) is 0 Å². The lowest BCUT2D eigenvalue weighted by atomic mass is 10.0. The molecule has 1 N–H and O–H groups in total. The lowest BCUT2D eigenvalue weighted by Gasteiger charge is -2.16. The fourth-order valence-electron chi connectivity index (χ4n) is 1.70. The molecule has 1 atom stereocenters. The van der Waals surface area contributed by atoms with E-state index in [2.05, 4.69) is 26.1 Å². The molecule has 0 fully saturated rings. The molecule has 0 aromatic heterocycles. The van der Waals surface area contributed by atoms with E-state index in [1.54, 1.807) is 0 Å². The molecule has 0 spiro atoms. The second-order valence-electron chi connectivity index (χ2n) is 4.22. The third kappa shape index (κ3) is 10.2. The summed E-state index contributed by atoms with van der Waals surface area (Å²) in [4.78, 5) is 0. The highest BCUT2D eigenvalue weighted by Crippen LogP contribution is 2.10. The first-order valence-electron chi connectivity index (χ1n) is 6.63. The van der Waals surface area contributed by atoms with Crippen molar-refractivity contribution in [3.63, 3.8) is 0 Å². The molecule has 0 aliphatic heterocycles. The molecule has 15 heavy (non-hydrogen) atoms. The summed E-state index contributed by atoms with van der Waals surface area (Å²) in [6, 6.07) is 0. The van der Waals surface area contributed by atoms with Crippen molar-refractivity contribution >= 4 is 0 Å². The van der Waals surface area contributed by atoms with Crippen molar-refractivity contribution in [2.75, 3.05) is 26.3 Å². The van der Waals surface area contributed by atoms with Crippen molar-refractivity contribution in [3.05, 3.63) is 0 Å². The summed E-state index contributed by atoms with van der Waals surface area (Å²) in [5.74, 6) is 0.802. The van der Waals surface area contributed by atoms with E-state index in [0.29, 0.717) is 0 Å². The van der Waals surface area contributed by atoms with Crippen molar-refractivity contribution in [2.45, 2.75) is 52.9 Å². The van der Waals surface area contributed by atoms with Gasteiger partial charge in [-0.1, -0.05) is 33.6 Å². The minimum absolute atomic E-state index is 0.802. The molecule has 2 heteroatoms. The number of hydrogen-bond acceptors (Lipinski definition) is 2. The Kier molecular flexibility index (Phi) is 11.9. The maximum absolute atomic E-state index is 5.60. The number of unbranched alkanes of at least 4 members (excludes halogenated alkanes) is 1. The van der Waals surface area contributed by atoms with E-state index >= 15 is 0 Å². The smallest absolute Gasteiger partial charge is 0.0469 e. The average Bonchev–Trinajstić information content (AvgIpc) is 2.25. The van der Waals surface area contributed by atoms with Crippen LogP contribution in [-0.2, 0) is 4.74 Å². The third-order valence-corrected chi connectivity index (χ3v) is 2.69. The van der Waals surface area contributed by atoms with Crippen LogP contribution in [0.4, 0.5) is 0 Å². The van der Waals surface area contributed by atoms with E-state index in [9.17, 15) is 0 Å². The quantitative estimate of drug-likeness (QED) is 0.534. The molecule has 0 radical (unpaired) electrons. The van der Waals surface area contributed by atoms with E-state index in [-0.39, 0.29) is 0 Å². The standard InChI is InChI=1S/C13H29NO/c1-4-7-10-15-11-9-13(8-5-2)12-14-6-3/h13-14H,4-12H2,1-3H3. The molecule has 0 heterocycles. The molecule has 0 aromatic rings. The number of ether oxygens (including phenoxy) is 1. The molecule has 92 valence electrons. The molecular formula is C13H29NO. The number of rotatable bonds is 11. The van der Waals surface area contributed by atoms with Crippen LogP contribution in [0.15, 0.2) is 0 Å². The topological polar surface area (TPSA) is 21.3 Å². The van der Waals surface area contributed by atoms with Gasteiger partial charge in [0.25, 0.3) is 0 Å². The van der Waals surface area contributed by atoms with E-state index in [0.717, 1.165) is 32.2 Å². The van der Waals surface area contributed by atoms with Gasteiger partial charge in [0.1, 0.15) is 0 Å². The first-order valence-corrected chi connectivity index (χ1v) is 6.63. The molecule has 0 saturated carbocycles. The predicted molar refractivity (Wildman–Crippen MR) is 67.3 cm³/mol. The normalized spacial score (nSPS) is 13.0. The summed E-state index contributed by atoms with van der Waals surface area (Å²) in [5, 5.41) is 3.43. The summed E-state index contributed by atoms with van der Waals surface area (Å²) in [7, 11) is 0. The first kappa shape index (κ1) is 14.9. The fraction of sp³-hybridized carbons (Fsp3) is 1.00. The zero-order valence-corrected chi connectivity index (χ0v) is 10.8. The summed E-state index contributed by atoms with van der Waals surface area (Å²) >= 11 is 0. The number of hydrogen-bond donors (Lipinski definition) is 1. The molecular weight excluding hydrogens is 186 g/mol. The lowest BCUT2D eigenvalue weighted by molar-refractivity contribution is 0.116. The summed E-state index contributed by atoms with van der Waals surface area (Å²) < 4.78 is 5.60. The Morgan fingerprint density at radius 1 is 1.00 bits per heavy atom. The van der Waals surface area contributed by atoms with Gasteiger partial charge in [0, 0.05) is 13.2 Å². The first-order chi connectivity index (χ1) is 7.35. The highest BCUT2D eigenvalue weighted by atomic mass is 16.5. The third-order valence-electron chi connectivity index (χ3n) is 2.69. The average molecular weight is 215 g/mol. The van der Waals surface area contributed by atoms with Crippen LogP contribution in [0.5, 0.6) is 0 Å². The summed E-state index contributed by atoms with van der Waals surface area (Å²) in [6.45, 7) is 10.7. The Hall–Kier alpha value is -0.0800. The van der Waals surface area contributed by atoms with E-state index in [4.69, 9.17) is 4.74 Å². The molecule has 1 unspecified atom stereocenters. The van der Waals surface area contributed by atoms with Crippen LogP contribution in [0.1, 0.15) is 52.9 Å². The minimum Gasteiger partial charge on any atom is -0.381 e. The van der Waals surface area contributed by atoms with Gasteiger partial charge in [-0.3, -0.25) is 0 Å². The van der Waals surface area contributed by atoms with Gasteiger partial charge in [-0.05, 0) is 38.3 Å². The van der Waals surface area contributed by atoms with Gasteiger partial charge in [0.15, 0.2) is 0 Å². The second-order valence-corrected chi connectivity index (χ2v) is 4.22. The SMILES string of the molecule is CCCCOCCC(CCC)CNCC. The molecule has 2 nitrogen and oxygen atoms in total. The highest BCUT2D eigenvalue weighted by molar-refractivity contribution is 4.61. The van der Waals surface area contributed by atoms with Crippen molar-refractivity contribution < 1.29 is 4.74 Å². The summed E-state index contributed by atoms with van der Waals surface area (Å²) in [6.07, 6.45) is 6.25. The molecule has 0 rings (SSSR count). The van der Waals surface area contributed by atoms with Crippen LogP contribution in [0.25, 0.3) is 0 Å². The molecule has 0 amide bonds. The maximum Gasteiger partial charge on any atom is 0.0469 e. The van der Waals surface area contributed by atoms with Gasteiger partial charge in [-0.25, -0.2) is 0 Å². The fourth-order valence-corrected chi connectivity index (χ4v) is 1.70. The zero-order chi connectivity index (χ0) is 11.4. The lowest BCUT2D eigenvalue weighted by Crippen LogP contribution is -2.23. The largest absolute Gasteiger partial charge is 0.381 e. The Labute approximate surface area is 95.8 Å². The number of nitrogens with one attached hydrogen (secondary N) is 1. The monoisotopic (exact) mass is 215 g/mol. The van der Waals surface area contributed by atoms with Crippen molar-refractivity contribution in [2.24, 2.45) is 5.92 Å². The van der Waals surface area contributed by atoms with E-state index in [1.807, 2.05) is 0 Å². The summed E-state index contributed by atoms with van der Waals surface area (Å²) in [5.41, 5.74) is 0. The Morgan fingerprint density at radius 2 is 1.80 bits per heavy atom. The Bertz CT molecular complexity index is 117. The van der Waals surface area contributed by atoms with Gasteiger partial charge < -0.3 is 10.1 Å². The van der Waals surface area contributed by atoms with E-state index in [1.165, 1.54) is 32.1 Å². The van der Waals surface area contributed by atoms with E-state index < -0.39 is 0 Å². The van der Waals surface area contributed by atoms with Crippen LogP contribution in [0.2, 0.25) is 0 Å². The van der Waals surface area contributed by atoms with Crippen molar-refractivity contribution in [3.8, 4) is 0 Å². The van der Waals surface area contributed by atoms with Crippen LogP contribution < -0.4 is 5.32 Å². The molecule has 0 saturated heterocycles.